The van der Waals surface area contributed by atoms with E-state index in [-0.39, 0.29) is 24.0 Å². The van der Waals surface area contributed by atoms with E-state index in [0.29, 0.717) is 24.4 Å². The van der Waals surface area contributed by atoms with Crippen molar-refractivity contribution in [1.29, 1.82) is 0 Å². The van der Waals surface area contributed by atoms with Gasteiger partial charge in [0.2, 0.25) is 0 Å². The molecule has 5 heteroatoms. The lowest BCUT2D eigenvalue weighted by molar-refractivity contribution is -0.237. The Bertz CT molecular complexity index is 494. The van der Waals surface area contributed by atoms with Gasteiger partial charge in [-0.25, -0.2) is 0 Å². The summed E-state index contributed by atoms with van der Waals surface area (Å²) in [7, 11) is 0. The molecule has 0 saturated heterocycles. The molecule has 2 atom stereocenters. The molecule has 1 heterocycles. The Hall–Kier alpha value is -1.33. The molecule has 1 saturated carbocycles. The average Bonchev–Trinajstić information content (AvgIpc) is 2.82. The summed E-state index contributed by atoms with van der Waals surface area (Å²) >= 11 is 0. The van der Waals surface area contributed by atoms with Crippen molar-refractivity contribution in [2.75, 3.05) is 13.2 Å². The molecule has 5 nitrogen and oxygen atoms in total. The van der Waals surface area contributed by atoms with Gasteiger partial charge < -0.3 is 19.6 Å². The van der Waals surface area contributed by atoms with Crippen LogP contribution in [0.5, 0.6) is 0 Å². The van der Waals surface area contributed by atoms with Crippen molar-refractivity contribution in [2.45, 2.75) is 45.8 Å². The quantitative estimate of drug-likeness (QED) is 0.864. The molecule has 2 rings (SSSR count). The number of furan rings is 1. The zero-order chi connectivity index (χ0) is 15.0. The summed E-state index contributed by atoms with van der Waals surface area (Å²) < 4.78 is 10.7. The number of rotatable bonds is 5. The van der Waals surface area contributed by atoms with E-state index in [1.165, 1.54) is 6.26 Å². The molecule has 112 valence electrons. The van der Waals surface area contributed by atoms with Crippen molar-refractivity contribution in [3.05, 3.63) is 23.7 Å². The Labute approximate surface area is 119 Å². The molecule has 20 heavy (non-hydrogen) atoms. The molecule has 1 aliphatic carbocycles. The number of hydrogen-bond acceptors (Lipinski definition) is 4. The van der Waals surface area contributed by atoms with Gasteiger partial charge in [0.1, 0.15) is 5.76 Å². The van der Waals surface area contributed by atoms with Crippen LogP contribution in [0.25, 0.3) is 0 Å². The van der Waals surface area contributed by atoms with Crippen molar-refractivity contribution >= 4 is 5.91 Å². The first-order valence-corrected chi connectivity index (χ1v) is 6.98. The van der Waals surface area contributed by atoms with Crippen LogP contribution in [0.15, 0.2) is 16.7 Å². The van der Waals surface area contributed by atoms with E-state index in [0.717, 1.165) is 0 Å². The standard InChI is InChI=1S/C15H23NO4/c1-5-19-12-8-15(18,14(12,3)4)9-16-13(17)11-6-7-20-10(11)2/h6-7,12,18H,5,8-9H2,1-4H3,(H,16,17)/t12-,15+/m1/s1. The van der Waals surface area contributed by atoms with Crippen LogP contribution < -0.4 is 5.32 Å². The monoisotopic (exact) mass is 281 g/mol. The molecule has 0 spiro atoms. The van der Waals surface area contributed by atoms with E-state index in [9.17, 15) is 9.90 Å². The molecule has 1 aromatic rings. The molecule has 1 aliphatic rings. The second-order valence-corrected chi connectivity index (χ2v) is 5.97. The van der Waals surface area contributed by atoms with Crippen LogP contribution in [0.3, 0.4) is 0 Å². The van der Waals surface area contributed by atoms with Gasteiger partial charge in [-0.1, -0.05) is 13.8 Å². The first kappa shape index (κ1) is 15.1. The third-order valence-corrected chi connectivity index (χ3v) is 4.54. The molecule has 0 aliphatic heterocycles. The largest absolute Gasteiger partial charge is 0.469 e. The maximum Gasteiger partial charge on any atom is 0.254 e. The molecule has 1 fully saturated rings. The van der Waals surface area contributed by atoms with Gasteiger partial charge in [0.15, 0.2) is 0 Å². The van der Waals surface area contributed by atoms with Gasteiger partial charge in [0.25, 0.3) is 5.91 Å². The molecule has 0 unspecified atom stereocenters. The maximum atomic E-state index is 12.0. The summed E-state index contributed by atoms with van der Waals surface area (Å²) in [5, 5.41) is 13.4. The van der Waals surface area contributed by atoms with E-state index < -0.39 is 5.60 Å². The zero-order valence-electron chi connectivity index (χ0n) is 12.5. The number of nitrogens with one attached hydrogen (secondary N) is 1. The maximum absolute atomic E-state index is 12.0. The zero-order valence-corrected chi connectivity index (χ0v) is 12.5. The Kier molecular flexibility index (Phi) is 3.93. The minimum Gasteiger partial charge on any atom is -0.469 e. The van der Waals surface area contributed by atoms with Crippen molar-refractivity contribution in [3.63, 3.8) is 0 Å². The number of carbonyl (C=O) groups is 1. The number of ether oxygens (including phenoxy) is 1. The number of hydrogen-bond donors (Lipinski definition) is 2. The molecule has 1 amide bonds. The molecular weight excluding hydrogens is 258 g/mol. The highest BCUT2D eigenvalue weighted by Crippen LogP contribution is 2.50. The molecule has 2 N–H and O–H groups in total. The normalized spacial score (nSPS) is 27.9. The van der Waals surface area contributed by atoms with Gasteiger partial charge in [0, 0.05) is 25.0 Å². The first-order valence-electron chi connectivity index (χ1n) is 6.98. The highest BCUT2D eigenvalue weighted by Gasteiger charge is 2.59. The summed E-state index contributed by atoms with van der Waals surface area (Å²) in [6.07, 6.45) is 2.06. The van der Waals surface area contributed by atoms with Crippen LogP contribution in [-0.4, -0.2) is 35.9 Å². The van der Waals surface area contributed by atoms with Crippen LogP contribution in [0.4, 0.5) is 0 Å². The lowest BCUT2D eigenvalue weighted by Crippen LogP contribution is -2.68. The highest BCUT2D eigenvalue weighted by molar-refractivity contribution is 5.95. The third kappa shape index (κ3) is 2.36. The SMILES string of the molecule is CCO[C@@H]1C[C@](O)(CNC(=O)c2ccoc2C)C1(C)C. The van der Waals surface area contributed by atoms with Gasteiger partial charge in [0.05, 0.1) is 23.5 Å². The summed E-state index contributed by atoms with van der Waals surface area (Å²) in [6.45, 7) is 8.45. The number of aryl methyl sites for hydroxylation is 1. The fourth-order valence-corrected chi connectivity index (χ4v) is 2.70. The highest BCUT2D eigenvalue weighted by atomic mass is 16.5. The van der Waals surface area contributed by atoms with Gasteiger partial charge in [-0.15, -0.1) is 0 Å². The molecular formula is C15H23NO4. The van der Waals surface area contributed by atoms with Crippen molar-refractivity contribution in [3.8, 4) is 0 Å². The molecule has 1 aromatic heterocycles. The lowest BCUT2D eigenvalue weighted by Gasteiger charge is -2.57. The summed E-state index contributed by atoms with van der Waals surface area (Å²) in [5.74, 6) is 0.356. The smallest absolute Gasteiger partial charge is 0.254 e. The fourth-order valence-electron chi connectivity index (χ4n) is 2.70. The fraction of sp³-hybridized carbons (Fsp3) is 0.667. The Morgan fingerprint density at radius 2 is 2.30 bits per heavy atom. The van der Waals surface area contributed by atoms with Crippen molar-refractivity contribution in [1.82, 2.24) is 5.32 Å². The van der Waals surface area contributed by atoms with Crippen LogP contribution in [0.2, 0.25) is 0 Å². The summed E-state index contributed by atoms with van der Waals surface area (Å²) in [5.41, 5.74) is -0.797. The van der Waals surface area contributed by atoms with Gasteiger partial charge in [-0.05, 0) is 19.9 Å². The molecule has 0 radical (unpaired) electrons. The summed E-state index contributed by atoms with van der Waals surface area (Å²) in [6, 6.07) is 1.63. The molecule has 0 bridgehead atoms. The van der Waals surface area contributed by atoms with Gasteiger partial charge in [-0.2, -0.15) is 0 Å². The van der Waals surface area contributed by atoms with E-state index in [2.05, 4.69) is 5.32 Å². The second-order valence-electron chi connectivity index (χ2n) is 5.97. The van der Waals surface area contributed by atoms with Crippen LogP contribution >= 0.6 is 0 Å². The van der Waals surface area contributed by atoms with E-state index in [4.69, 9.17) is 9.15 Å². The van der Waals surface area contributed by atoms with Crippen LogP contribution in [-0.2, 0) is 4.74 Å². The van der Waals surface area contributed by atoms with Gasteiger partial charge >= 0.3 is 0 Å². The minimum atomic E-state index is -0.930. The van der Waals surface area contributed by atoms with Crippen molar-refractivity contribution in [2.24, 2.45) is 5.41 Å². The minimum absolute atomic E-state index is 0.0325. The Balaban J connectivity index is 1.95. The Morgan fingerprint density at radius 3 is 2.80 bits per heavy atom. The topological polar surface area (TPSA) is 71.7 Å². The van der Waals surface area contributed by atoms with E-state index >= 15 is 0 Å². The number of carbonyl (C=O) groups excluding carboxylic acids is 1. The van der Waals surface area contributed by atoms with Crippen LogP contribution in [0.1, 0.15) is 43.3 Å². The first-order chi connectivity index (χ1) is 9.32. The predicted molar refractivity (Wildman–Crippen MR) is 74.5 cm³/mol. The average molecular weight is 281 g/mol. The lowest BCUT2D eigenvalue weighted by atomic mass is 9.56. The van der Waals surface area contributed by atoms with E-state index in [1.807, 2.05) is 20.8 Å². The third-order valence-electron chi connectivity index (χ3n) is 4.54. The number of aliphatic hydroxyl groups is 1. The van der Waals surface area contributed by atoms with Gasteiger partial charge in [-0.3, -0.25) is 4.79 Å². The number of amides is 1. The van der Waals surface area contributed by atoms with Crippen LogP contribution in [0, 0.1) is 12.3 Å². The molecule has 0 aromatic carbocycles. The predicted octanol–water partition coefficient (Wildman–Crippen LogP) is 1.88. The Morgan fingerprint density at radius 1 is 1.60 bits per heavy atom. The van der Waals surface area contributed by atoms with Crippen molar-refractivity contribution < 1.29 is 19.1 Å². The second kappa shape index (κ2) is 5.22. The summed E-state index contributed by atoms with van der Waals surface area (Å²) in [4.78, 5) is 12.0. The van der Waals surface area contributed by atoms with E-state index in [1.54, 1.807) is 13.0 Å².